The van der Waals surface area contributed by atoms with Crippen LogP contribution in [0.3, 0.4) is 0 Å². The van der Waals surface area contributed by atoms with Gasteiger partial charge in [-0.15, -0.1) is 0 Å². The van der Waals surface area contributed by atoms with Crippen molar-refractivity contribution in [1.82, 2.24) is 5.32 Å². The zero-order chi connectivity index (χ0) is 15.7. The van der Waals surface area contributed by atoms with Crippen molar-refractivity contribution < 1.29 is 19.3 Å². The summed E-state index contributed by atoms with van der Waals surface area (Å²) in [4.78, 5) is 0. The number of hydrogen-bond donors (Lipinski definition) is 2. The summed E-state index contributed by atoms with van der Waals surface area (Å²) >= 11 is 0. The second kappa shape index (κ2) is 9.73. The molecule has 3 atom stereocenters. The number of rotatable bonds is 10. The first-order chi connectivity index (χ1) is 10.1. The molecule has 0 saturated carbocycles. The first-order valence-electron chi connectivity index (χ1n) is 7.23. The average Bonchev–Trinajstić information content (AvgIpc) is 2.50. The predicted molar refractivity (Wildman–Crippen MR) is 82.7 cm³/mol. The first-order valence-corrected chi connectivity index (χ1v) is 7.23. The fourth-order valence-corrected chi connectivity index (χ4v) is 2.06. The van der Waals surface area contributed by atoms with Crippen LogP contribution < -0.4 is 10.1 Å². The molecule has 0 aliphatic rings. The third kappa shape index (κ3) is 6.44. The Hall–Kier alpha value is -1.14. The van der Waals surface area contributed by atoms with Gasteiger partial charge >= 0.3 is 0 Å². The summed E-state index contributed by atoms with van der Waals surface area (Å²) in [6.45, 7) is 5.23. The Kier molecular flexibility index (Phi) is 8.30. The number of hydrogen-bond acceptors (Lipinski definition) is 5. The van der Waals surface area contributed by atoms with E-state index < -0.39 is 6.10 Å². The van der Waals surface area contributed by atoms with E-state index in [1.54, 1.807) is 14.2 Å². The van der Waals surface area contributed by atoms with Crippen LogP contribution in [-0.2, 0) is 9.47 Å². The summed E-state index contributed by atoms with van der Waals surface area (Å²) in [6.07, 6.45) is -0.572. The first kappa shape index (κ1) is 17.9. The van der Waals surface area contributed by atoms with Crippen molar-refractivity contribution in [2.24, 2.45) is 0 Å². The van der Waals surface area contributed by atoms with Crippen molar-refractivity contribution in [3.63, 3.8) is 0 Å². The Labute approximate surface area is 127 Å². The Balaban J connectivity index is 2.36. The topological polar surface area (TPSA) is 60.0 Å². The van der Waals surface area contributed by atoms with Crippen LogP contribution in [0.2, 0.25) is 0 Å². The lowest BCUT2D eigenvalue weighted by molar-refractivity contribution is -0.0315. The van der Waals surface area contributed by atoms with Crippen molar-refractivity contribution in [3.8, 4) is 5.75 Å². The van der Waals surface area contributed by atoms with Gasteiger partial charge in [-0.1, -0.05) is 18.2 Å². The molecule has 0 saturated heterocycles. The Morgan fingerprint density at radius 3 is 2.52 bits per heavy atom. The lowest BCUT2D eigenvalue weighted by Crippen LogP contribution is -2.33. The van der Waals surface area contributed by atoms with Gasteiger partial charge < -0.3 is 24.6 Å². The molecule has 1 aromatic rings. The number of aliphatic hydroxyl groups is 1. The van der Waals surface area contributed by atoms with Crippen LogP contribution in [0.25, 0.3) is 0 Å². The number of ether oxygens (including phenoxy) is 3. The molecule has 1 aromatic carbocycles. The van der Waals surface area contributed by atoms with Gasteiger partial charge in [-0.2, -0.15) is 0 Å². The molecule has 1 rings (SSSR count). The molecular weight excluding hydrogens is 270 g/mol. The Bertz CT molecular complexity index is 400. The van der Waals surface area contributed by atoms with Crippen LogP contribution in [-0.4, -0.2) is 51.3 Å². The molecule has 0 fully saturated rings. The maximum atomic E-state index is 9.93. The normalized spacial score (nSPS) is 15.5. The highest BCUT2D eigenvalue weighted by Gasteiger charge is 2.13. The molecule has 0 spiro atoms. The van der Waals surface area contributed by atoms with Gasteiger partial charge in [0.2, 0.25) is 0 Å². The molecule has 2 unspecified atom stereocenters. The molecule has 0 aromatic heterocycles. The molecule has 21 heavy (non-hydrogen) atoms. The largest absolute Gasteiger partial charge is 0.496 e. The quantitative estimate of drug-likeness (QED) is 0.689. The van der Waals surface area contributed by atoms with Crippen LogP contribution >= 0.6 is 0 Å². The van der Waals surface area contributed by atoms with E-state index in [9.17, 15) is 5.11 Å². The summed E-state index contributed by atoms with van der Waals surface area (Å²) < 4.78 is 15.8. The summed E-state index contributed by atoms with van der Waals surface area (Å²) in [5, 5.41) is 13.2. The number of nitrogens with one attached hydrogen (secondary N) is 1. The second-order valence-corrected chi connectivity index (χ2v) is 5.13. The standard InChI is InChI=1S/C16H27NO4/c1-12(10-19-3)21-11-14(18)9-17-13(2)15-7-5-6-8-16(15)20-4/h5-8,12-14,17-18H,9-11H2,1-4H3/t12?,13-,14?/m1/s1. The zero-order valence-corrected chi connectivity index (χ0v) is 13.3. The summed E-state index contributed by atoms with van der Waals surface area (Å²) in [6, 6.07) is 7.95. The van der Waals surface area contributed by atoms with Crippen molar-refractivity contribution >= 4 is 0 Å². The summed E-state index contributed by atoms with van der Waals surface area (Å²) in [7, 11) is 3.29. The van der Waals surface area contributed by atoms with E-state index in [1.165, 1.54) is 0 Å². The maximum Gasteiger partial charge on any atom is 0.123 e. The third-order valence-electron chi connectivity index (χ3n) is 3.24. The van der Waals surface area contributed by atoms with Gasteiger partial charge in [0.1, 0.15) is 5.75 Å². The average molecular weight is 297 g/mol. The van der Waals surface area contributed by atoms with Gasteiger partial charge in [0.15, 0.2) is 0 Å². The molecule has 0 amide bonds. The molecule has 0 heterocycles. The summed E-state index contributed by atoms with van der Waals surface area (Å²) in [5.74, 6) is 0.844. The van der Waals surface area contributed by atoms with E-state index in [-0.39, 0.29) is 18.8 Å². The van der Waals surface area contributed by atoms with Crippen LogP contribution in [0.15, 0.2) is 24.3 Å². The van der Waals surface area contributed by atoms with Crippen molar-refractivity contribution in [1.29, 1.82) is 0 Å². The van der Waals surface area contributed by atoms with Gasteiger partial charge in [0, 0.05) is 25.3 Å². The number of aliphatic hydroxyl groups excluding tert-OH is 1. The van der Waals surface area contributed by atoms with E-state index in [1.807, 2.05) is 38.1 Å². The molecule has 0 radical (unpaired) electrons. The van der Waals surface area contributed by atoms with Gasteiger partial charge in [0.25, 0.3) is 0 Å². The van der Waals surface area contributed by atoms with Crippen LogP contribution in [0.4, 0.5) is 0 Å². The van der Waals surface area contributed by atoms with E-state index in [4.69, 9.17) is 14.2 Å². The molecule has 0 bridgehead atoms. The smallest absolute Gasteiger partial charge is 0.123 e. The van der Waals surface area contributed by atoms with Crippen LogP contribution in [0, 0.1) is 0 Å². The fraction of sp³-hybridized carbons (Fsp3) is 0.625. The Morgan fingerprint density at radius 2 is 1.86 bits per heavy atom. The monoisotopic (exact) mass is 297 g/mol. The molecule has 120 valence electrons. The minimum atomic E-state index is -0.554. The molecule has 5 heteroatoms. The van der Waals surface area contributed by atoms with Gasteiger partial charge in [-0.25, -0.2) is 0 Å². The number of para-hydroxylation sites is 1. The number of benzene rings is 1. The Morgan fingerprint density at radius 1 is 1.14 bits per heavy atom. The predicted octanol–water partition coefficient (Wildman–Crippen LogP) is 1.76. The van der Waals surface area contributed by atoms with Crippen molar-refractivity contribution in [3.05, 3.63) is 29.8 Å². The molecular formula is C16H27NO4. The van der Waals surface area contributed by atoms with E-state index >= 15 is 0 Å². The lowest BCUT2D eigenvalue weighted by atomic mass is 10.1. The van der Waals surface area contributed by atoms with E-state index in [0.29, 0.717) is 13.2 Å². The maximum absolute atomic E-state index is 9.93. The molecule has 5 nitrogen and oxygen atoms in total. The SMILES string of the molecule is COCC(C)OCC(O)CN[C@H](C)c1ccccc1OC. The number of methoxy groups -OCH3 is 2. The fourth-order valence-electron chi connectivity index (χ4n) is 2.06. The lowest BCUT2D eigenvalue weighted by Gasteiger charge is -2.20. The minimum absolute atomic E-state index is 0.0173. The second-order valence-electron chi connectivity index (χ2n) is 5.13. The van der Waals surface area contributed by atoms with E-state index in [2.05, 4.69) is 5.32 Å². The highest BCUT2D eigenvalue weighted by atomic mass is 16.5. The van der Waals surface area contributed by atoms with Gasteiger partial charge in [-0.05, 0) is 19.9 Å². The highest BCUT2D eigenvalue weighted by molar-refractivity contribution is 5.35. The molecule has 2 N–H and O–H groups in total. The molecule has 0 aliphatic heterocycles. The van der Waals surface area contributed by atoms with Crippen LogP contribution in [0.1, 0.15) is 25.5 Å². The molecule has 0 aliphatic carbocycles. The minimum Gasteiger partial charge on any atom is -0.496 e. The van der Waals surface area contributed by atoms with E-state index in [0.717, 1.165) is 11.3 Å². The van der Waals surface area contributed by atoms with Gasteiger partial charge in [-0.3, -0.25) is 0 Å². The van der Waals surface area contributed by atoms with Gasteiger partial charge in [0.05, 0.1) is 32.5 Å². The van der Waals surface area contributed by atoms with Crippen molar-refractivity contribution in [2.75, 3.05) is 34.0 Å². The summed E-state index contributed by atoms with van der Waals surface area (Å²) in [5.41, 5.74) is 1.07. The highest BCUT2D eigenvalue weighted by Crippen LogP contribution is 2.24. The van der Waals surface area contributed by atoms with Crippen molar-refractivity contribution in [2.45, 2.75) is 32.1 Å². The zero-order valence-electron chi connectivity index (χ0n) is 13.3. The van der Waals surface area contributed by atoms with Crippen LogP contribution in [0.5, 0.6) is 5.75 Å². The third-order valence-corrected chi connectivity index (χ3v) is 3.24.